The van der Waals surface area contributed by atoms with Gasteiger partial charge in [0.05, 0.1) is 26.6 Å². The van der Waals surface area contributed by atoms with Gasteiger partial charge in [-0.05, 0) is 92.2 Å². The Balaban J connectivity index is 0.000000727. The fraction of sp³-hybridized carbons (Fsp3) is 0.486. The molecule has 9 nitrogen and oxygen atoms in total. The Morgan fingerprint density at radius 2 is 1.60 bits per heavy atom. The van der Waals surface area contributed by atoms with Gasteiger partial charge in [0.2, 0.25) is 5.52 Å². The van der Waals surface area contributed by atoms with Crippen LogP contribution in [0.2, 0.25) is 0 Å². The first-order valence-corrected chi connectivity index (χ1v) is 22.0. The van der Waals surface area contributed by atoms with Crippen molar-refractivity contribution in [3.8, 4) is 0 Å². The minimum absolute atomic E-state index is 0.0121. The zero-order chi connectivity index (χ0) is 36.7. The molecule has 1 N–H and O–H groups in total. The summed E-state index contributed by atoms with van der Waals surface area (Å²) in [5.41, 5.74) is 5.64. The van der Waals surface area contributed by atoms with Gasteiger partial charge in [-0.15, -0.1) is 0 Å². The van der Waals surface area contributed by atoms with Gasteiger partial charge in [0, 0.05) is 35.8 Å². The second kappa shape index (κ2) is 17.3. The van der Waals surface area contributed by atoms with Gasteiger partial charge < -0.3 is 14.4 Å². The molecule has 0 unspecified atom stereocenters. The Morgan fingerprint density at radius 3 is 2.24 bits per heavy atom. The van der Waals surface area contributed by atoms with E-state index in [1.807, 2.05) is 36.4 Å². The maximum atomic E-state index is 11.4. The summed E-state index contributed by atoms with van der Waals surface area (Å²) in [6.07, 6.45) is 6.74. The van der Waals surface area contributed by atoms with E-state index in [4.69, 9.17) is 0 Å². The SMILES string of the molecule is CC1=C(/C=C2\Sc3ccccc3N2CCCS(=O)(=O)O)CC(C)(C)C/C1=C/c1sc2ccccc2[n+]1CCCS(=O)(=O)[O-].CCN(CC)CC. The van der Waals surface area contributed by atoms with Crippen LogP contribution in [0.5, 0.6) is 0 Å². The third kappa shape index (κ3) is 11.2. The first-order chi connectivity index (χ1) is 23.5. The second-order valence-corrected chi connectivity index (χ2v) is 18.7. The molecule has 2 aromatic carbocycles. The van der Waals surface area contributed by atoms with Gasteiger partial charge in [-0.1, -0.05) is 82.0 Å². The molecule has 0 bridgehead atoms. The summed E-state index contributed by atoms with van der Waals surface area (Å²) in [5.74, 6) is -0.689. The van der Waals surface area contributed by atoms with E-state index < -0.39 is 26.0 Å². The maximum absolute atomic E-state index is 11.4. The number of hydrogen-bond acceptors (Lipinski definition) is 9. The number of rotatable bonds is 13. The molecule has 0 spiro atoms. The second-order valence-electron chi connectivity index (χ2n) is 13.5. The lowest BCUT2D eigenvalue weighted by atomic mass is 9.72. The molecule has 0 fully saturated rings. The van der Waals surface area contributed by atoms with Crippen LogP contribution in [0.4, 0.5) is 5.69 Å². The summed E-state index contributed by atoms with van der Waals surface area (Å²) in [7, 11) is -8.33. The van der Waals surface area contributed by atoms with Crippen molar-refractivity contribution in [2.24, 2.45) is 5.41 Å². The Morgan fingerprint density at radius 1 is 0.940 bits per heavy atom. The predicted molar refractivity (Wildman–Crippen MR) is 207 cm³/mol. The normalized spacial score (nSPS) is 17.9. The van der Waals surface area contributed by atoms with E-state index in [0.29, 0.717) is 19.5 Å². The van der Waals surface area contributed by atoms with Crippen LogP contribution in [0.25, 0.3) is 16.3 Å². The van der Waals surface area contributed by atoms with Crippen LogP contribution >= 0.6 is 23.1 Å². The maximum Gasteiger partial charge on any atom is 0.264 e. The lowest BCUT2D eigenvalue weighted by molar-refractivity contribution is -0.668. The van der Waals surface area contributed by atoms with Gasteiger partial charge >= 0.3 is 0 Å². The summed E-state index contributed by atoms with van der Waals surface area (Å²) in [6, 6.07) is 16.1. The van der Waals surface area contributed by atoms with E-state index in [0.717, 1.165) is 43.7 Å². The number of aryl methyl sites for hydroxylation is 1. The van der Waals surface area contributed by atoms with Crippen molar-refractivity contribution in [3.63, 3.8) is 0 Å². The first-order valence-electron chi connectivity index (χ1n) is 17.2. The smallest absolute Gasteiger partial charge is 0.264 e. The molecule has 13 heteroatoms. The monoisotopic (exact) mass is 761 g/mol. The van der Waals surface area contributed by atoms with Gasteiger partial charge in [0.15, 0.2) is 6.54 Å². The van der Waals surface area contributed by atoms with Gasteiger partial charge in [0.25, 0.3) is 15.1 Å². The van der Waals surface area contributed by atoms with Crippen LogP contribution in [0.1, 0.15) is 72.2 Å². The third-order valence-corrected chi connectivity index (χ3v) is 12.9. The molecule has 0 amide bonds. The van der Waals surface area contributed by atoms with Crippen molar-refractivity contribution in [3.05, 3.63) is 81.4 Å². The van der Waals surface area contributed by atoms with E-state index in [-0.39, 0.29) is 17.6 Å². The van der Waals surface area contributed by atoms with E-state index in [1.165, 1.54) is 36.4 Å². The number of benzene rings is 2. The van der Waals surface area contributed by atoms with Crippen molar-refractivity contribution in [1.29, 1.82) is 0 Å². The zero-order valence-electron chi connectivity index (χ0n) is 30.0. The number of nitrogens with zero attached hydrogens (tertiary/aromatic N) is 3. The van der Waals surface area contributed by atoms with Gasteiger partial charge in [-0.2, -0.15) is 13.0 Å². The number of anilines is 1. The molecule has 2 heterocycles. The Bertz CT molecular complexity index is 1950. The minimum atomic E-state index is -4.29. The lowest BCUT2D eigenvalue weighted by Gasteiger charge is -2.33. The van der Waals surface area contributed by atoms with Gasteiger partial charge in [-0.25, -0.2) is 8.42 Å². The van der Waals surface area contributed by atoms with Gasteiger partial charge in [0.1, 0.15) is 4.70 Å². The molecule has 0 saturated carbocycles. The Kier molecular flexibility index (Phi) is 14.0. The number of thioether (sulfide) groups is 1. The molecule has 0 saturated heterocycles. The fourth-order valence-electron chi connectivity index (χ4n) is 6.44. The van der Waals surface area contributed by atoms with Crippen LogP contribution < -0.4 is 9.47 Å². The summed E-state index contributed by atoms with van der Waals surface area (Å²) in [5, 5.41) is 2.04. The molecule has 2 aliphatic rings. The Labute approximate surface area is 307 Å². The quantitative estimate of drug-likeness (QED) is 0.138. The molecule has 0 radical (unpaired) electrons. The lowest BCUT2D eigenvalue weighted by Crippen LogP contribution is -2.36. The number of aromatic nitrogens is 1. The molecular weight excluding hydrogens is 711 g/mol. The first kappa shape index (κ1) is 40.3. The number of fused-ring (bicyclic) bond motifs is 2. The highest BCUT2D eigenvalue weighted by Gasteiger charge is 2.32. The number of thiazole rings is 1. The van der Waals surface area contributed by atoms with E-state index in [9.17, 15) is 25.9 Å². The van der Waals surface area contributed by atoms with Crippen LogP contribution in [0.3, 0.4) is 0 Å². The fourth-order valence-corrected chi connectivity index (χ4v) is 9.73. The predicted octanol–water partition coefficient (Wildman–Crippen LogP) is 7.72. The van der Waals surface area contributed by atoms with Crippen LogP contribution in [0, 0.1) is 5.41 Å². The molecule has 1 aromatic heterocycles. The number of para-hydroxylation sites is 2. The van der Waals surface area contributed by atoms with Crippen molar-refractivity contribution < 1.29 is 30.5 Å². The van der Waals surface area contributed by atoms with Gasteiger partial charge in [-0.3, -0.25) is 4.55 Å². The Hall–Kier alpha value is -2.52. The average molecular weight is 762 g/mol. The van der Waals surface area contributed by atoms with Crippen molar-refractivity contribution in [2.75, 3.05) is 42.6 Å². The molecule has 274 valence electrons. The molecule has 1 aliphatic heterocycles. The molecular formula is C37H51N3O6S4. The van der Waals surface area contributed by atoms with Crippen molar-refractivity contribution in [1.82, 2.24) is 4.90 Å². The van der Waals surface area contributed by atoms with Crippen molar-refractivity contribution in [2.45, 2.75) is 78.7 Å². The summed E-state index contributed by atoms with van der Waals surface area (Å²) in [4.78, 5) is 5.62. The van der Waals surface area contributed by atoms with Crippen molar-refractivity contribution >= 4 is 65.3 Å². The summed E-state index contributed by atoms with van der Waals surface area (Å²) < 4.78 is 69.1. The highest BCUT2D eigenvalue weighted by atomic mass is 32.2. The molecule has 3 aromatic rings. The number of hydrogen-bond donors (Lipinski definition) is 1. The largest absolute Gasteiger partial charge is 0.748 e. The van der Waals surface area contributed by atoms with Crippen LogP contribution in [0.15, 0.2) is 81.3 Å². The molecule has 50 heavy (non-hydrogen) atoms. The highest BCUT2D eigenvalue weighted by molar-refractivity contribution is 8.03. The average Bonchev–Trinajstić information content (AvgIpc) is 3.56. The number of allylic oxidation sites excluding steroid dienone is 4. The van der Waals surface area contributed by atoms with E-state index in [1.54, 1.807) is 23.1 Å². The van der Waals surface area contributed by atoms with E-state index >= 15 is 0 Å². The highest BCUT2D eigenvalue weighted by Crippen LogP contribution is 2.49. The zero-order valence-corrected chi connectivity index (χ0v) is 33.3. The standard InChI is InChI=1S/C31H36N2O6S4.C6H15N/c1-22-23(18-29-32(14-8-16-42(34,35)36)25-10-4-6-12-27(25)40-29)20-31(2,3)21-24(22)19-30-33(15-9-17-43(37,38)39)26-11-5-7-13-28(26)41-30;1-4-7(5-2)6-3/h4-7,10-13,18-19H,8-9,14-17,20-21H2,1-3H3,(H-,34,35,36,37,38,39);4-6H2,1-3H3. The minimum Gasteiger partial charge on any atom is -0.748 e. The summed E-state index contributed by atoms with van der Waals surface area (Å²) >= 11 is 3.32. The van der Waals surface area contributed by atoms with E-state index in [2.05, 4.69) is 80.2 Å². The van der Waals surface area contributed by atoms with Crippen LogP contribution in [-0.2, 0) is 26.8 Å². The third-order valence-electron chi connectivity index (χ3n) is 9.07. The molecule has 5 rings (SSSR count). The molecule has 1 aliphatic carbocycles. The van der Waals surface area contributed by atoms with Crippen LogP contribution in [-0.4, -0.2) is 68.5 Å². The topological polar surface area (TPSA) is 122 Å². The summed E-state index contributed by atoms with van der Waals surface area (Å²) in [6.45, 7) is 17.7. The molecule has 0 atom stereocenters.